The summed E-state index contributed by atoms with van der Waals surface area (Å²) < 4.78 is 5.75. The molecule has 1 aliphatic heterocycles. The Labute approximate surface area is 184 Å². The lowest BCUT2D eigenvalue weighted by Gasteiger charge is -2.60. The van der Waals surface area contributed by atoms with Crippen LogP contribution in [0, 0.1) is 40.4 Å². The van der Waals surface area contributed by atoms with Crippen LogP contribution in [0.5, 0.6) is 0 Å². The number of aliphatic hydroxyl groups excluding tert-OH is 1. The Morgan fingerprint density at radius 3 is 2.40 bits per heavy atom. The fourth-order valence-electron chi connectivity index (χ4n) is 9.09. The van der Waals surface area contributed by atoms with Crippen molar-refractivity contribution in [3.63, 3.8) is 0 Å². The number of allylic oxidation sites excluding steroid dienone is 3. The Hall–Kier alpha value is -0.600. The first kappa shape index (κ1) is 21.3. The van der Waals surface area contributed by atoms with Gasteiger partial charge in [-0.2, -0.15) is 0 Å². The molecule has 168 valence electrons. The molecule has 0 radical (unpaired) electrons. The van der Waals surface area contributed by atoms with Crippen LogP contribution >= 0.6 is 0 Å². The van der Waals surface area contributed by atoms with E-state index in [1.807, 2.05) is 11.1 Å². The quantitative estimate of drug-likeness (QED) is 0.523. The summed E-state index contributed by atoms with van der Waals surface area (Å²) >= 11 is 0. The van der Waals surface area contributed by atoms with Gasteiger partial charge in [0.05, 0.1) is 6.10 Å². The van der Waals surface area contributed by atoms with Gasteiger partial charge in [0.15, 0.2) is 0 Å². The first-order chi connectivity index (χ1) is 14.4. The molecule has 0 bridgehead atoms. The van der Waals surface area contributed by atoms with Crippen LogP contribution in [-0.2, 0) is 4.74 Å². The molecule has 0 aromatic rings. The number of hydrogen-bond donors (Lipinski definition) is 1. The molecule has 0 unspecified atom stereocenters. The summed E-state index contributed by atoms with van der Waals surface area (Å²) in [5, 5.41) is 10.4. The Morgan fingerprint density at radius 1 is 0.967 bits per heavy atom. The SMILES string of the molecule is CCC1=C(C2CCOCC2)[C@@]2(C)CC[C@H]3[C@@H]([C@@H](CC)C=C4C[C@@H](O)CC[C@@]43C)[C@@H]2C1. The highest BCUT2D eigenvalue weighted by Crippen LogP contribution is 2.68. The number of ether oxygens (including phenoxy) is 1. The van der Waals surface area contributed by atoms with Crippen LogP contribution in [0.2, 0.25) is 0 Å². The van der Waals surface area contributed by atoms with Gasteiger partial charge >= 0.3 is 0 Å². The average Bonchev–Trinajstić information content (AvgIpc) is 3.06. The summed E-state index contributed by atoms with van der Waals surface area (Å²) in [5.41, 5.74) is 6.08. The number of hydrogen-bond acceptors (Lipinski definition) is 2. The number of rotatable bonds is 3. The van der Waals surface area contributed by atoms with Gasteiger partial charge in [0, 0.05) is 13.2 Å². The zero-order valence-corrected chi connectivity index (χ0v) is 19.9. The van der Waals surface area contributed by atoms with Gasteiger partial charge in [-0.05, 0) is 105 Å². The second-order valence-electron chi connectivity index (χ2n) is 11.8. The Kier molecular flexibility index (Phi) is 5.50. The van der Waals surface area contributed by atoms with Gasteiger partial charge < -0.3 is 9.84 Å². The third kappa shape index (κ3) is 3.03. The van der Waals surface area contributed by atoms with E-state index in [0.29, 0.717) is 16.7 Å². The Bertz CT molecular complexity index is 729. The van der Waals surface area contributed by atoms with Crippen molar-refractivity contribution >= 4 is 0 Å². The lowest BCUT2D eigenvalue weighted by Crippen LogP contribution is -2.53. The molecule has 0 aromatic heterocycles. The molecular formula is C28H44O2. The van der Waals surface area contributed by atoms with Gasteiger partial charge in [0.25, 0.3) is 0 Å². The highest BCUT2D eigenvalue weighted by atomic mass is 16.5. The summed E-state index contributed by atoms with van der Waals surface area (Å²) in [6.45, 7) is 12.0. The molecule has 7 atom stereocenters. The summed E-state index contributed by atoms with van der Waals surface area (Å²) in [4.78, 5) is 0. The van der Waals surface area contributed by atoms with Crippen LogP contribution < -0.4 is 0 Å². The van der Waals surface area contributed by atoms with E-state index in [0.717, 1.165) is 49.7 Å². The molecule has 1 N–H and O–H groups in total. The second-order valence-corrected chi connectivity index (χ2v) is 11.8. The van der Waals surface area contributed by atoms with Crippen molar-refractivity contribution in [3.05, 3.63) is 22.8 Å². The summed E-state index contributed by atoms with van der Waals surface area (Å²) in [6.07, 6.45) is 14.8. The zero-order valence-electron chi connectivity index (χ0n) is 19.9. The summed E-state index contributed by atoms with van der Waals surface area (Å²) in [6, 6.07) is 0. The first-order valence-corrected chi connectivity index (χ1v) is 13.1. The fourth-order valence-corrected chi connectivity index (χ4v) is 9.09. The van der Waals surface area contributed by atoms with Crippen molar-refractivity contribution in [2.75, 3.05) is 13.2 Å². The Balaban J connectivity index is 1.53. The molecule has 2 nitrogen and oxygen atoms in total. The fraction of sp³-hybridized carbons (Fsp3) is 0.857. The van der Waals surface area contributed by atoms with Gasteiger partial charge in [-0.3, -0.25) is 0 Å². The van der Waals surface area contributed by atoms with Crippen LogP contribution in [0.3, 0.4) is 0 Å². The highest BCUT2D eigenvalue weighted by Gasteiger charge is 2.60. The summed E-state index contributed by atoms with van der Waals surface area (Å²) in [7, 11) is 0. The average molecular weight is 413 g/mol. The molecule has 4 aliphatic carbocycles. The third-order valence-electron chi connectivity index (χ3n) is 10.6. The predicted molar refractivity (Wildman–Crippen MR) is 123 cm³/mol. The van der Waals surface area contributed by atoms with Gasteiger partial charge in [0.1, 0.15) is 0 Å². The van der Waals surface area contributed by atoms with Crippen molar-refractivity contribution in [2.45, 2.75) is 98.0 Å². The lowest BCUT2D eigenvalue weighted by atomic mass is 9.45. The van der Waals surface area contributed by atoms with Gasteiger partial charge in [-0.1, -0.05) is 50.5 Å². The Morgan fingerprint density at radius 2 is 1.70 bits per heavy atom. The molecule has 5 rings (SSSR count). The monoisotopic (exact) mass is 412 g/mol. The molecule has 3 fully saturated rings. The molecule has 0 amide bonds. The van der Waals surface area contributed by atoms with Crippen molar-refractivity contribution in [3.8, 4) is 0 Å². The number of fused-ring (bicyclic) bond motifs is 5. The standard InChI is InChI=1S/C28H44O2/c1-5-18-15-21-17-22(29)7-11-27(21,3)23-8-12-28(4)24(25(18)23)16-19(6-2)26(28)20-9-13-30-14-10-20/h15,18,20,22-25,29H,5-14,16-17H2,1-4H3/t18-,22-,23-,24-,25+,27-,28-/m0/s1. The summed E-state index contributed by atoms with van der Waals surface area (Å²) in [5.74, 6) is 3.96. The normalized spacial score (nSPS) is 46.8. The van der Waals surface area contributed by atoms with Crippen LogP contribution in [0.25, 0.3) is 0 Å². The van der Waals surface area contributed by atoms with E-state index in [4.69, 9.17) is 4.74 Å². The predicted octanol–water partition coefficient (Wildman–Crippen LogP) is 6.69. The van der Waals surface area contributed by atoms with Gasteiger partial charge in [0.2, 0.25) is 0 Å². The minimum atomic E-state index is -0.104. The largest absolute Gasteiger partial charge is 0.393 e. The molecule has 2 saturated carbocycles. The third-order valence-corrected chi connectivity index (χ3v) is 10.6. The maximum Gasteiger partial charge on any atom is 0.0577 e. The van der Waals surface area contributed by atoms with E-state index in [9.17, 15) is 5.11 Å². The molecule has 0 aromatic carbocycles. The molecule has 5 aliphatic rings. The number of aliphatic hydroxyl groups is 1. The smallest absolute Gasteiger partial charge is 0.0577 e. The minimum Gasteiger partial charge on any atom is -0.393 e. The maximum atomic E-state index is 10.4. The van der Waals surface area contributed by atoms with Crippen LogP contribution in [0.1, 0.15) is 91.9 Å². The van der Waals surface area contributed by atoms with Crippen molar-refractivity contribution in [1.29, 1.82) is 0 Å². The molecule has 1 heterocycles. The van der Waals surface area contributed by atoms with Gasteiger partial charge in [-0.15, -0.1) is 0 Å². The molecule has 30 heavy (non-hydrogen) atoms. The van der Waals surface area contributed by atoms with E-state index in [2.05, 4.69) is 33.8 Å². The van der Waals surface area contributed by atoms with E-state index < -0.39 is 0 Å². The van der Waals surface area contributed by atoms with Crippen LogP contribution in [-0.4, -0.2) is 24.4 Å². The molecule has 1 saturated heterocycles. The van der Waals surface area contributed by atoms with E-state index >= 15 is 0 Å². The molecule has 2 heteroatoms. The van der Waals surface area contributed by atoms with E-state index in [-0.39, 0.29) is 6.10 Å². The van der Waals surface area contributed by atoms with Crippen LogP contribution in [0.4, 0.5) is 0 Å². The lowest BCUT2D eigenvalue weighted by molar-refractivity contribution is -0.0557. The topological polar surface area (TPSA) is 29.5 Å². The minimum absolute atomic E-state index is 0.104. The second kappa shape index (κ2) is 7.77. The van der Waals surface area contributed by atoms with Crippen molar-refractivity contribution in [2.24, 2.45) is 40.4 Å². The van der Waals surface area contributed by atoms with Crippen molar-refractivity contribution in [1.82, 2.24) is 0 Å². The van der Waals surface area contributed by atoms with Crippen molar-refractivity contribution < 1.29 is 9.84 Å². The van der Waals surface area contributed by atoms with Crippen LogP contribution in [0.15, 0.2) is 22.8 Å². The maximum absolute atomic E-state index is 10.4. The van der Waals surface area contributed by atoms with Gasteiger partial charge in [-0.25, -0.2) is 0 Å². The highest BCUT2D eigenvalue weighted by molar-refractivity contribution is 5.36. The molecular weight excluding hydrogens is 368 g/mol. The van der Waals surface area contributed by atoms with E-state index in [1.165, 1.54) is 51.4 Å². The molecule has 0 spiro atoms. The zero-order chi connectivity index (χ0) is 21.1. The first-order valence-electron chi connectivity index (χ1n) is 13.1. The van der Waals surface area contributed by atoms with E-state index in [1.54, 1.807) is 5.57 Å².